The van der Waals surface area contributed by atoms with Gasteiger partial charge in [-0.05, 0) is 13.8 Å². The predicted octanol–water partition coefficient (Wildman–Crippen LogP) is 0.274. The Hall–Kier alpha value is -1.56. The van der Waals surface area contributed by atoms with Gasteiger partial charge in [-0.25, -0.2) is 4.98 Å². The van der Waals surface area contributed by atoms with Gasteiger partial charge in [-0.3, -0.25) is 0 Å². The van der Waals surface area contributed by atoms with Crippen LogP contribution < -0.4 is 15.4 Å². The number of rotatable bonds is 5. The second-order valence-electron chi connectivity index (χ2n) is 3.63. The van der Waals surface area contributed by atoms with Crippen LogP contribution in [-0.4, -0.2) is 41.4 Å². The minimum Gasteiger partial charge on any atom is -0.479 e. The van der Waals surface area contributed by atoms with Crippen LogP contribution in [0.5, 0.6) is 5.88 Å². The SMILES string of the molecule is COc1ncnc(N(CCO)C(C)C)c1N. The zero-order chi connectivity index (χ0) is 12.1. The average Bonchev–Trinajstić information content (AvgIpc) is 2.26. The lowest BCUT2D eigenvalue weighted by molar-refractivity contribution is 0.298. The van der Waals surface area contributed by atoms with E-state index in [0.717, 1.165) is 0 Å². The molecule has 16 heavy (non-hydrogen) atoms. The monoisotopic (exact) mass is 226 g/mol. The molecular formula is C10H18N4O2. The number of hydrogen-bond donors (Lipinski definition) is 2. The first kappa shape index (κ1) is 12.5. The highest BCUT2D eigenvalue weighted by molar-refractivity contribution is 5.68. The van der Waals surface area contributed by atoms with Gasteiger partial charge in [-0.2, -0.15) is 4.98 Å². The molecule has 0 radical (unpaired) electrons. The van der Waals surface area contributed by atoms with Crippen LogP contribution in [0.4, 0.5) is 11.5 Å². The van der Waals surface area contributed by atoms with E-state index in [1.165, 1.54) is 13.4 Å². The van der Waals surface area contributed by atoms with E-state index < -0.39 is 0 Å². The molecule has 90 valence electrons. The Balaban J connectivity index is 3.08. The van der Waals surface area contributed by atoms with Crippen molar-refractivity contribution in [3.8, 4) is 5.88 Å². The summed E-state index contributed by atoms with van der Waals surface area (Å²) >= 11 is 0. The van der Waals surface area contributed by atoms with Gasteiger partial charge < -0.3 is 20.5 Å². The molecule has 3 N–H and O–H groups in total. The van der Waals surface area contributed by atoms with E-state index in [0.29, 0.717) is 23.9 Å². The maximum absolute atomic E-state index is 9.01. The zero-order valence-electron chi connectivity index (χ0n) is 9.84. The van der Waals surface area contributed by atoms with E-state index in [1.54, 1.807) is 0 Å². The number of nitrogens with zero attached hydrogens (tertiary/aromatic N) is 3. The molecule has 0 atom stereocenters. The van der Waals surface area contributed by atoms with Crippen molar-refractivity contribution < 1.29 is 9.84 Å². The fourth-order valence-electron chi connectivity index (χ4n) is 1.48. The normalized spacial score (nSPS) is 10.6. The van der Waals surface area contributed by atoms with Crippen LogP contribution in [-0.2, 0) is 0 Å². The first-order valence-electron chi connectivity index (χ1n) is 5.13. The summed E-state index contributed by atoms with van der Waals surface area (Å²) in [5.74, 6) is 0.949. The number of methoxy groups -OCH3 is 1. The van der Waals surface area contributed by atoms with Crippen LogP contribution in [0, 0.1) is 0 Å². The minimum atomic E-state index is 0.0456. The molecule has 0 aliphatic carbocycles. The Morgan fingerprint density at radius 3 is 2.69 bits per heavy atom. The van der Waals surface area contributed by atoms with Gasteiger partial charge in [0, 0.05) is 12.6 Å². The molecule has 0 saturated carbocycles. The Kier molecular flexibility index (Phi) is 4.30. The number of nitrogens with two attached hydrogens (primary N) is 1. The lowest BCUT2D eigenvalue weighted by atomic mass is 10.3. The summed E-state index contributed by atoms with van der Waals surface area (Å²) in [6.07, 6.45) is 1.40. The highest BCUT2D eigenvalue weighted by atomic mass is 16.5. The lowest BCUT2D eigenvalue weighted by Crippen LogP contribution is -2.34. The van der Waals surface area contributed by atoms with Crippen molar-refractivity contribution in [2.45, 2.75) is 19.9 Å². The van der Waals surface area contributed by atoms with Crippen LogP contribution in [0.2, 0.25) is 0 Å². The first-order chi connectivity index (χ1) is 7.61. The largest absolute Gasteiger partial charge is 0.479 e. The third-order valence-corrected chi connectivity index (χ3v) is 2.26. The Labute approximate surface area is 95.1 Å². The van der Waals surface area contributed by atoms with Crippen LogP contribution >= 0.6 is 0 Å². The Morgan fingerprint density at radius 1 is 1.50 bits per heavy atom. The third-order valence-electron chi connectivity index (χ3n) is 2.26. The molecule has 1 rings (SSSR count). The summed E-state index contributed by atoms with van der Waals surface area (Å²) in [6.45, 7) is 4.53. The molecule has 0 aliphatic rings. The summed E-state index contributed by atoms with van der Waals surface area (Å²) in [5.41, 5.74) is 6.29. The lowest BCUT2D eigenvalue weighted by Gasteiger charge is -2.28. The van der Waals surface area contributed by atoms with Crippen molar-refractivity contribution in [2.75, 3.05) is 30.9 Å². The van der Waals surface area contributed by atoms with Crippen molar-refractivity contribution in [1.82, 2.24) is 9.97 Å². The molecule has 1 aromatic rings. The quantitative estimate of drug-likeness (QED) is 0.750. The summed E-state index contributed by atoms with van der Waals surface area (Å²) in [4.78, 5) is 9.94. The highest BCUT2D eigenvalue weighted by Crippen LogP contribution is 2.28. The number of nitrogen functional groups attached to an aromatic ring is 1. The first-order valence-corrected chi connectivity index (χ1v) is 5.13. The Bertz CT molecular complexity index is 344. The zero-order valence-corrected chi connectivity index (χ0v) is 9.84. The number of aromatic nitrogens is 2. The van der Waals surface area contributed by atoms with Crippen molar-refractivity contribution in [1.29, 1.82) is 0 Å². The maximum atomic E-state index is 9.01. The second kappa shape index (κ2) is 5.50. The highest BCUT2D eigenvalue weighted by Gasteiger charge is 2.17. The van der Waals surface area contributed by atoms with Gasteiger partial charge in [-0.15, -0.1) is 0 Å². The van der Waals surface area contributed by atoms with Crippen molar-refractivity contribution >= 4 is 11.5 Å². The summed E-state index contributed by atoms with van der Waals surface area (Å²) in [5, 5.41) is 9.01. The topological polar surface area (TPSA) is 84.5 Å². The number of aliphatic hydroxyl groups excluding tert-OH is 1. The van der Waals surface area contributed by atoms with Crippen molar-refractivity contribution in [3.63, 3.8) is 0 Å². The molecule has 6 nitrogen and oxygen atoms in total. The molecule has 1 heterocycles. The number of ether oxygens (including phenoxy) is 1. The molecular weight excluding hydrogens is 208 g/mol. The van der Waals surface area contributed by atoms with E-state index in [4.69, 9.17) is 15.6 Å². The van der Waals surface area contributed by atoms with E-state index in [2.05, 4.69) is 9.97 Å². The number of anilines is 2. The molecule has 0 spiro atoms. The molecule has 6 heteroatoms. The van der Waals surface area contributed by atoms with Gasteiger partial charge in [-0.1, -0.05) is 0 Å². The third kappa shape index (κ3) is 2.52. The number of aliphatic hydroxyl groups is 1. The fraction of sp³-hybridized carbons (Fsp3) is 0.600. The van der Waals surface area contributed by atoms with Crippen LogP contribution in [0.3, 0.4) is 0 Å². The minimum absolute atomic E-state index is 0.0456. The van der Waals surface area contributed by atoms with Gasteiger partial charge in [0.25, 0.3) is 0 Å². The summed E-state index contributed by atoms with van der Waals surface area (Å²) in [6, 6.07) is 0.189. The number of hydrogen-bond acceptors (Lipinski definition) is 6. The van der Waals surface area contributed by atoms with Crippen LogP contribution in [0.15, 0.2) is 6.33 Å². The summed E-state index contributed by atoms with van der Waals surface area (Å²) in [7, 11) is 1.51. The molecule has 1 aromatic heterocycles. The van der Waals surface area contributed by atoms with Crippen LogP contribution in [0.1, 0.15) is 13.8 Å². The van der Waals surface area contributed by atoms with Gasteiger partial charge >= 0.3 is 0 Å². The standard InChI is InChI=1S/C10H18N4O2/c1-7(2)14(4-5-15)9-8(11)10(16-3)13-6-12-9/h6-7,15H,4-5,11H2,1-3H3. The van der Waals surface area contributed by atoms with Gasteiger partial charge in [0.15, 0.2) is 5.82 Å². The van der Waals surface area contributed by atoms with Crippen molar-refractivity contribution in [3.05, 3.63) is 6.33 Å². The van der Waals surface area contributed by atoms with E-state index in [9.17, 15) is 0 Å². The Morgan fingerprint density at radius 2 is 2.19 bits per heavy atom. The molecule has 0 saturated heterocycles. The molecule has 0 aliphatic heterocycles. The van der Waals surface area contributed by atoms with Crippen LogP contribution in [0.25, 0.3) is 0 Å². The fourth-order valence-corrected chi connectivity index (χ4v) is 1.48. The molecule has 0 bridgehead atoms. The van der Waals surface area contributed by atoms with E-state index in [1.807, 2.05) is 18.7 Å². The van der Waals surface area contributed by atoms with E-state index >= 15 is 0 Å². The van der Waals surface area contributed by atoms with Gasteiger partial charge in [0.2, 0.25) is 5.88 Å². The molecule has 0 amide bonds. The molecule has 0 unspecified atom stereocenters. The van der Waals surface area contributed by atoms with Crippen molar-refractivity contribution in [2.24, 2.45) is 0 Å². The molecule has 0 fully saturated rings. The van der Waals surface area contributed by atoms with Gasteiger partial charge in [0.1, 0.15) is 12.0 Å². The smallest absolute Gasteiger partial charge is 0.242 e. The van der Waals surface area contributed by atoms with Gasteiger partial charge in [0.05, 0.1) is 13.7 Å². The predicted molar refractivity (Wildman–Crippen MR) is 62.6 cm³/mol. The summed E-state index contributed by atoms with van der Waals surface area (Å²) < 4.78 is 5.03. The maximum Gasteiger partial charge on any atom is 0.242 e. The second-order valence-corrected chi connectivity index (χ2v) is 3.63. The van der Waals surface area contributed by atoms with E-state index in [-0.39, 0.29) is 12.6 Å². The average molecular weight is 226 g/mol. The molecule has 0 aromatic carbocycles.